The van der Waals surface area contributed by atoms with Crippen LogP contribution in [0.3, 0.4) is 0 Å². The van der Waals surface area contributed by atoms with Crippen molar-refractivity contribution in [3.63, 3.8) is 0 Å². The summed E-state index contributed by atoms with van der Waals surface area (Å²) >= 11 is 1.45. The highest BCUT2D eigenvalue weighted by molar-refractivity contribution is 7.16. The van der Waals surface area contributed by atoms with E-state index in [-0.39, 0.29) is 11.5 Å². The maximum Gasteiger partial charge on any atom is 0.262 e. The van der Waals surface area contributed by atoms with Gasteiger partial charge in [0.2, 0.25) is 5.55 Å². The maximum absolute atomic E-state index is 13.6. The average molecular weight is 526 g/mol. The summed E-state index contributed by atoms with van der Waals surface area (Å²) in [6, 6.07) is 22.6. The second kappa shape index (κ2) is 10.9. The minimum Gasteiger partial charge on any atom is -0.497 e. The summed E-state index contributed by atoms with van der Waals surface area (Å²) in [6.07, 6.45) is 0.786. The average Bonchev–Trinajstić information content (AvgIpc) is 3.36. The van der Waals surface area contributed by atoms with Gasteiger partial charge in [0.1, 0.15) is 22.6 Å². The number of nitrogens with zero attached hydrogens (tertiary/aromatic N) is 2. The molecule has 0 spiro atoms. The van der Waals surface area contributed by atoms with Crippen LogP contribution in [0.1, 0.15) is 27.7 Å². The first-order chi connectivity index (χ1) is 18.5. The molecule has 0 saturated carbocycles. The molecule has 0 unspecified atom stereocenters. The van der Waals surface area contributed by atoms with E-state index in [0.717, 1.165) is 39.3 Å². The fourth-order valence-electron chi connectivity index (χ4n) is 4.00. The number of anilines is 1. The maximum atomic E-state index is 13.6. The fourth-order valence-corrected chi connectivity index (χ4v) is 4.92. The van der Waals surface area contributed by atoms with Crippen LogP contribution in [0.4, 0.5) is 10.8 Å². The summed E-state index contributed by atoms with van der Waals surface area (Å²) < 4.78 is 16.7. The molecule has 8 heteroatoms. The molecule has 192 valence electrons. The van der Waals surface area contributed by atoms with Crippen molar-refractivity contribution >= 4 is 39.0 Å². The van der Waals surface area contributed by atoms with E-state index in [2.05, 4.69) is 17.2 Å². The number of carbonyl (C=O) groups is 1. The Bertz CT molecular complexity index is 1670. The van der Waals surface area contributed by atoms with Gasteiger partial charge in [0, 0.05) is 15.8 Å². The largest absolute Gasteiger partial charge is 0.497 e. The van der Waals surface area contributed by atoms with Crippen molar-refractivity contribution in [2.75, 3.05) is 19.5 Å². The molecule has 1 amide bonds. The molecule has 0 aliphatic heterocycles. The van der Waals surface area contributed by atoms with Crippen LogP contribution in [-0.2, 0) is 6.42 Å². The van der Waals surface area contributed by atoms with Gasteiger partial charge in [-0.05, 0) is 74.0 Å². The molecule has 2 heterocycles. The van der Waals surface area contributed by atoms with E-state index < -0.39 is 0 Å². The Morgan fingerprint density at radius 1 is 0.974 bits per heavy atom. The van der Waals surface area contributed by atoms with E-state index in [4.69, 9.17) is 18.9 Å². The van der Waals surface area contributed by atoms with E-state index in [1.54, 1.807) is 26.4 Å². The Hall–Kier alpha value is -4.43. The van der Waals surface area contributed by atoms with Crippen LogP contribution in [0.15, 0.2) is 82.2 Å². The molecular formula is C30H27N3O4S. The first-order valence-electron chi connectivity index (χ1n) is 12.2. The number of carbonyl (C=O) groups excluding carboxylic acids is 1. The Morgan fingerprint density at radius 3 is 2.37 bits per heavy atom. The fraction of sp³-hybridized carbons (Fsp3) is 0.167. The number of amides is 1. The molecule has 5 aromatic rings. The number of methoxy groups -OCH3 is 2. The van der Waals surface area contributed by atoms with Crippen molar-refractivity contribution in [3.05, 3.63) is 94.4 Å². The number of nitrogens with one attached hydrogen (secondary N) is 1. The zero-order valence-corrected chi connectivity index (χ0v) is 22.4. The van der Waals surface area contributed by atoms with E-state index in [0.29, 0.717) is 27.7 Å². The molecule has 0 aliphatic carbocycles. The Kier molecular flexibility index (Phi) is 7.24. The van der Waals surface area contributed by atoms with Gasteiger partial charge in [-0.2, -0.15) is 0 Å². The van der Waals surface area contributed by atoms with Crippen molar-refractivity contribution < 1.29 is 18.7 Å². The lowest BCUT2D eigenvalue weighted by Crippen LogP contribution is -2.21. The van der Waals surface area contributed by atoms with Crippen molar-refractivity contribution in [2.45, 2.75) is 20.3 Å². The lowest BCUT2D eigenvalue weighted by Gasteiger charge is -2.07. The minimum atomic E-state index is -0.359. The monoisotopic (exact) mass is 525 g/mol. The molecule has 0 aliphatic rings. The quantitative estimate of drug-likeness (QED) is 0.249. The molecule has 2 aromatic heterocycles. The van der Waals surface area contributed by atoms with Crippen LogP contribution >= 0.6 is 11.3 Å². The summed E-state index contributed by atoms with van der Waals surface area (Å²) in [5.74, 6) is 1.08. The second-order valence-corrected chi connectivity index (χ2v) is 9.73. The molecule has 0 atom stereocenters. The van der Waals surface area contributed by atoms with E-state index >= 15 is 0 Å². The van der Waals surface area contributed by atoms with Crippen LogP contribution < -0.4 is 20.3 Å². The van der Waals surface area contributed by atoms with Gasteiger partial charge >= 0.3 is 0 Å². The molecule has 0 radical (unpaired) electrons. The van der Waals surface area contributed by atoms with E-state index in [1.807, 2.05) is 67.6 Å². The number of benzene rings is 3. The molecule has 5 rings (SSSR count). The topological polar surface area (TPSA) is 86.0 Å². The van der Waals surface area contributed by atoms with Gasteiger partial charge in [0.25, 0.3) is 5.91 Å². The summed E-state index contributed by atoms with van der Waals surface area (Å²) in [7, 11) is 3.23. The zero-order chi connectivity index (χ0) is 26.6. The lowest BCUT2D eigenvalue weighted by atomic mass is 10.1. The van der Waals surface area contributed by atoms with Gasteiger partial charge in [0.15, 0.2) is 5.13 Å². The third kappa shape index (κ3) is 5.31. The summed E-state index contributed by atoms with van der Waals surface area (Å²) in [5, 5.41) is 4.20. The number of ether oxygens (including phenoxy) is 2. The third-order valence-electron chi connectivity index (χ3n) is 6.07. The first kappa shape index (κ1) is 25.2. The minimum absolute atomic E-state index is 0.215. The van der Waals surface area contributed by atoms with Gasteiger partial charge in [-0.15, -0.1) is 11.3 Å². The molecule has 1 N–H and O–H groups in total. The highest BCUT2D eigenvalue weighted by Crippen LogP contribution is 2.33. The Balaban J connectivity index is 1.55. The zero-order valence-electron chi connectivity index (χ0n) is 21.6. The van der Waals surface area contributed by atoms with Crippen LogP contribution in [0.25, 0.3) is 22.2 Å². The molecule has 0 bridgehead atoms. The van der Waals surface area contributed by atoms with Crippen LogP contribution in [-0.4, -0.2) is 25.1 Å². The Labute approximate surface area is 224 Å². The molecular weight excluding hydrogens is 498 g/mol. The second-order valence-electron chi connectivity index (χ2n) is 8.64. The predicted molar refractivity (Wildman–Crippen MR) is 151 cm³/mol. The van der Waals surface area contributed by atoms with Crippen LogP contribution in [0, 0.1) is 6.92 Å². The van der Waals surface area contributed by atoms with Gasteiger partial charge in [-0.3, -0.25) is 10.1 Å². The molecule has 7 nitrogen and oxygen atoms in total. The summed E-state index contributed by atoms with van der Waals surface area (Å²) in [6.45, 7) is 4.08. The number of fused-ring (bicyclic) bond motifs is 1. The molecule has 0 saturated heterocycles. The van der Waals surface area contributed by atoms with Gasteiger partial charge < -0.3 is 13.9 Å². The Morgan fingerprint density at radius 2 is 1.68 bits per heavy atom. The van der Waals surface area contributed by atoms with Crippen molar-refractivity contribution in [1.29, 1.82) is 0 Å². The van der Waals surface area contributed by atoms with Gasteiger partial charge in [-0.25, -0.2) is 9.98 Å². The highest BCUT2D eigenvalue weighted by Gasteiger charge is 2.18. The van der Waals surface area contributed by atoms with Gasteiger partial charge in [0.05, 0.1) is 25.6 Å². The number of hydrogen-bond donors (Lipinski definition) is 1. The lowest BCUT2D eigenvalue weighted by molar-refractivity contribution is 0.102. The standard InChI is InChI=1S/C30H27N3O4S/c1-5-26-27(19-8-12-22(35-3)13-9-19)32-30(38-26)33-28(34)24-17-20-16-23(36-4)14-15-25(20)37-29(24)31-21-10-6-18(2)7-11-21/h6-17H,5H2,1-4H3,(H,32,33,34). The van der Waals surface area contributed by atoms with Crippen LogP contribution in [0.5, 0.6) is 11.5 Å². The first-order valence-corrected chi connectivity index (χ1v) is 13.0. The summed E-state index contributed by atoms with van der Waals surface area (Å²) in [5.41, 5.74) is 4.71. The number of hydrogen-bond acceptors (Lipinski definition) is 7. The number of aryl methyl sites for hydroxylation is 2. The highest BCUT2D eigenvalue weighted by atomic mass is 32.1. The van der Waals surface area contributed by atoms with Crippen LogP contribution in [0.2, 0.25) is 0 Å². The van der Waals surface area contributed by atoms with Crippen molar-refractivity contribution in [3.8, 4) is 22.8 Å². The number of rotatable bonds is 7. The summed E-state index contributed by atoms with van der Waals surface area (Å²) in [4.78, 5) is 24.1. The number of thiazole rings is 1. The molecule has 38 heavy (non-hydrogen) atoms. The van der Waals surface area contributed by atoms with Crippen molar-refractivity contribution in [2.24, 2.45) is 4.99 Å². The number of aromatic nitrogens is 1. The van der Waals surface area contributed by atoms with E-state index in [1.165, 1.54) is 11.3 Å². The predicted octanol–water partition coefficient (Wildman–Crippen LogP) is 6.93. The SMILES string of the molecule is CCc1sc(NC(=O)c2cc3cc(OC)ccc3oc2=Nc2ccc(C)cc2)nc1-c1ccc(OC)cc1. The molecule has 0 fully saturated rings. The van der Waals surface area contributed by atoms with E-state index in [9.17, 15) is 4.79 Å². The smallest absolute Gasteiger partial charge is 0.262 e. The van der Waals surface area contributed by atoms with Crippen molar-refractivity contribution in [1.82, 2.24) is 4.98 Å². The molecule has 3 aromatic carbocycles. The third-order valence-corrected chi connectivity index (χ3v) is 7.18. The normalized spacial score (nSPS) is 11.5. The van der Waals surface area contributed by atoms with Gasteiger partial charge in [-0.1, -0.05) is 24.6 Å².